The van der Waals surface area contributed by atoms with Gasteiger partial charge in [0, 0.05) is 35.8 Å². The van der Waals surface area contributed by atoms with Gasteiger partial charge in [0.1, 0.15) is 0 Å². The first-order valence-electron chi connectivity index (χ1n) is 6.45. The third-order valence-corrected chi connectivity index (χ3v) is 4.12. The third-order valence-electron chi connectivity index (χ3n) is 3.14. The van der Waals surface area contributed by atoms with Gasteiger partial charge in [-0.25, -0.2) is 4.98 Å². The Bertz CT molecular complexity index is 533. The van der Waals surface area contributed by atoms with E-state index in [4.69, 9.17) is 4.74 Å². The Labute approximate surface area is 118 Å². The van der Waals surface area contributed by atoms with Gasteiger partial charge in [-0.1, -0.05) is 0 Å². The molecule has 0 radical (unpaired) electrons. The zero-order chi connectivity index (χ0) is 13.8. The van der Waals surface area contributed by atoms with Crippen LogP contribution in [0.15, 0.2) is 18.5 Å². The molecule has 0 amide bonds. The summed E-state index contributed by atoms with van der Waals surface area (Å²) >= 11 is 1.84. The Morgan fingerprint density at radius 3 is 2.89 bits per heavy atom. The molecule has 0 aliphatic heterocycles. The van der Waals surface area contributed by atoms with Crippen LogP contribution in [0.4, 0.5) is 5.95 Å². The smallest absolute Gasteiger partial charge is 0.203 e. The molecule has 0 aromatic carbocycles. The molecule has 0 aliphatic rings. The predicted octanol–water partition coefficient (Wildman–Crippen LogP) is 3.38. The van der Waals surface area contributed by atoms with E-state index in [-0.39, 0.29) is 6.04 Å². The van der Waals surface area contributed by atoms with Gasteiger partial charge in [0.15, 0.2) is 0 Å². The lowest BCUT2D eigenvalue weighted by molar-refractivity contribution is 0.187. The lowest BCUT2D eigenvalue weighted by Crippen LogP contribution is -2.13. The van der Waals surface area contributed by atoms with Gasteiger partial charge in [0.2, 0.25) is 5.95 Å². The fourth-order valence-corrected chi connectivity index (χ4v) is 3.19. The van der Waals surface area contributed by atoms with Gasteiger partial charge in [-0.05, 0) is 32.4 Å². The number of hydrogen-bond acceptors (Lipinski definition) is 4. The molecule has 0 saturated heterocycles. The molecule has 2 aromatic heterocycles. The number of hydrogen-bond donors (Lipinski definition) is 1. The van der Waals surface area contributed by atoms with Crippen LogP contribution in [0.2, 0.25) is 0 Å². The molecular weight excluding hydrogens is 258 g/mol. The van der Waals surface area contributed by atoms with E-state index in [1.165, 1.54) is 15.3 Å². The van der Waals surface area contributed by atoms with E-state index in [1.807, 2.05) is 23.7 Å². The number of imidazole rings is 1. The molecule has 2 heterocycles. The molecule has 1 N–H and O–H groups in total. The monoisotopic (exact) mass is 279 g/mol. The first kappa shape index (κ1) is 14.1. The molecule has 1 atom stereocenters. The van der Waals surface area contributed by atoms with Crippen molar-refractivity contribution in [1.82, 2.24) is 9.55 Å². The number of thiophene rings is 1. The first-order chi connectivity index (χ1) is 9.11. The lowest BCUT2D eigenvalue weighted by atomic mass is 10.1. The Balaban J connectivity index is 2.08. The van der Waals surface area contributed by atoms with Gasteiger partial charge < -0.3 is 14.6 Å². The summed E-state index contributed by atoms with van der Waals surface area (Å²) in [6.45, 7) is 7.99. The van der Waals surface area contributed by atoms with Gasteiger partial charge >= 0.3 is 0 Å². The van der Waals surface area contributed by atoms with Crippen LogP contribution in [0.25, 0.3) is 0 Å². The molecule has 0 bridgehead atoms. The molecule has 5 heteroatoms. The van der Waals surface area contributed by atoms with Crippen LogP contribution < -0.4 is 5.32 Å². The summed E-state index contributed by atoms with van der Waals surface area (Å²) < 4.78 is 7.19. The van der Waals surface area contributed by atoms with E-state index >= 15 is 0 Å². The maximum absolute atomic E-state index is 5.11. The van der Waals surface area contributed by atoms with Crippen molar-refractivity contribution in [3.8, 4) is 0 Å². The quantitative estimate of drug-likeness (QED) is 0.881. The van der Waals surface area contributed by atoms with Gasteiger partial charge in [-0.2, -0.15) is 0 Å². The molecule has 0 spiro atoms. The summed E-state index contributed by atoms with van der Waals surface area (Å²) in [6, 6.07) is 2.51. The Morgan fingerprint density at radius 1 is 1.47 bits per heavy atom. The van der Waals surface area contributed by atoms with E-state index in [1.54, 1.807) is 7.11 Å². The second-order valence-electron chi connectivity index (χ2n) is 4.67. The minimum Gasteiger partial charge on any atom is -0.383 e. The van der Waals surface area contributed by atoms with Crippen molar-refractivity contribution in [2.24, 2.45) is 0 Å². The standard InChI is InChI=1S/C14H21N3OS/c1-10-9-13(12(3)19-10)11(2)16-14-15-5-6-17(14)7-8-18-4/h5-6,9,11H,7-8H2,1-4H3,(H,15,16). The van der Waals surface area contributed by atoms with Crippen molar-refractivity contribution < 1.29 is 4.74 Å². The average Bonchev–Trinajstić information content (AvgIpc) is 2.93. The van der Waals surface area contributed by atoms with Crippen LogP contribution in [-0.4, -0.2) is 23.3 Å². The lowest BCUT2D eigenvalue weighted by Gasteiger charge is -2.16. The molecule has 1 unspecified atom stereocenters. The highest BCUT2D eigenvalue weighted by molar-refractivity contribution is 7.12. The van der Waals surface area contributed by atoms with Crippen molar-refractivity contribution in [3.05, 3.63) is 33.8 Å². The topological polar surface area (TPSA) is 39.1 Å². The minimum atomic E-state index is 0.258. The predicted molar refractivity (Wildman–Crippen MR) is 79.9 cm³/mol. The van der Waals surface area contributed by atoms with Crippen molar-refractivity contribution in [1.29, 1.82) is 0 Å². The fourth-order valence-electron chi connectivity index (χ4n) is 2.17. The van der Waals surface area contributed by atoms with Gasteiger partial charge in [-0.15, -0.1) is 11.3 Å². The van der Waals surface area contributed by atoms with E-state index < -0.39 is 0 Å². The zero-order valence-corrected chi connectivity index (χ0v) is 12.8. The molecule has 0 fully saturated rings. The maximum atomic E-state index is 5.11. The number of aromatic nitrogens is 2. The van der Waals surface area contributed by atoms with E-state index in [2.05, 4.69) is 41.7 Å². The highest BCUT2D eigenvalue weighted by Crippen LogP contribution is 2.28. The first-order valence-corrected chi connectivity index (χ1v) is 7.27. The summed E-state index contributed by atoms with van der Waals surface area (Å²) in [5.74, 6) is 0.896. The van der Waals surface area contributed by atoms with Crippen molar-refractivity contribution >= 4 is 17.3 Å². The van der Waals surface area contributed by atoms with Gasteiger partial charge in [0.05, 0.1) is 12.6 Å². The molecule has 2 aromatic rings. The van der Waals surface area contributed by atoms with E-state index in [9.17, 15) is 0 Å². The molecule has 4 nitrogen and oxygen atoms in total. The Morgan fingerprint density at radius 2 is 2.26 bits per heavy atom. The second-order valence-corrected chi connectivity index (χ2v) is 6.13. The number of nitrogens with one attached hydrogen (secondary N) is 1. The molecule has 19 heavy (non-hydrogen) atoms. The van der Waals surface area contributed by atoms with E-state index in [0.29, 0.717) is 6.61 Å². The number of methoxy groups -OCH3 is 1. The second kappa shape index (κ2) is 6.21. The summed E-state index contributed by atoms with van der Waals surface area (Å²) in [6.07, 6.45) is 3.79. The van der Waals surface area contributed by atoms with Crippen LogP contribution >= 0.6 is 11.3 Å². The largest absolute Gasteiger partial charge is 0.383 e. The normalized spacial score (nSPS) is 12.6. The fraction of sp³-hybridized carbons (Fsp3) is 0.500. The molecule has 0 saturated carbocycles. The number of rotatable bonds is 6. The SMILES string of the molecule is COCCn1ccnc1NC(C)c1cc(C)sc1C. The van der Waals surface area contributed by atoms with Gasteiger partial charge in [-0.3, -0.25) is 0 Å². The number of nitrogens with zero attached hydrogens (tertiary/aromatic N) is 2. The molecule has 0 aliphatic carbocycles. The number of ether oxygens (including phenoxy) is 1. The maximum Gasteiger partial charge on any atom is 0.203 e. The zero-order valence-electron chi connectivity index (χ0n) is 11.9. The Hall–Kier alpha value is -1.33. The van der Waals surface area contributed by atoms with E-state index in [0.717, 1.165) is 12.5 Å². The van der Waals surface area contributed by atoms with Gasteiger partial charge in [0.25, 0.3) is 0 Å². The number of aryl methyl sites for hydroxylation is 2. The summed E-state index contributed by atoms with van der Waals surface area (Å²) in [4.78, 5) is 7.09. The number of anilines is 1. The molecule has 104 valence electrons. The summed E-state index contributed by atoms with van der Waals surface area (Å²) in [7, 11) is 1.71. The average molecular weight is 279 g/mol. The third kappa shape index (κ3) is 3.36. The van der Waals surface area contributed by atoms with Crippen LogP contribution in [0.1, 0.15) is 28.3 Å². The summed E-state index contributed by atoms with van der Waals surface area (Å²) in [5.41, 5.74) is 1.35. The minimum absolute atomic E-state index is 0.258. The van der Waals surface area contributed by atoms with Crippen LogP contribution in [0.3, 0.4) is 0 Å². The summed E-state index contributed by atoms with van der Waals surface area (Å²) in [5, 5.41) is 3.47. The highest BCUT2D eigenvalue weighted by atomic mass is 32.1. The van der Waals surface area contributed by atoms with Crippen molar-refractivity contribution in [2.45, 2.75) is 33.4 Å². The molecular formula is C14H21N3OS. The van der Waals surface area contributed by atoms with Crippen LogP contribution in [0.5, 0.6) is 0 Å². The highest BCUT2D eigenvalue weighted by Gasteiger charge is 2.13. The Kier molecular flexibility index (Phi) is 4.61. The van der Waals surface area contributed by atoms with Crippen LogP contribution in [-0.2, 0) is 11.3 Å². The van der Waals surface area contributed by atoms with Crippen molar-refractivity contribution in [3.63, 3.8) is 0 Å². The molecule has 2 rings (SSSR count). The van der Waals surface area contributed by atoms with Crippen LogP contribution in [0, 0.1) is 13.8 Å². The van der Waals surface area contributed by atoms with Crippen molar-refractivity contribution in [2.75, 3.05) is 19.0 Å².